The van der Waals surface area contributed by atoms with Crippen molar-refractivity contribution in [1.82, 2.24) is 4.90 Å². The molecule has 5 nitrogen and oxygen atoms in total. The van der Waals surface area contributed by atoms with Crippen LogP contribution in [0.25, 0.3) is 0 Å². The van der Waals surface area contributed by atoms with E-state index in [0.717, 1.165) is 10.5 Å². The average Bonchev–Trinajstić information content (AvgIpc) is 3.08. The molecule has 0 aliphatic carbocycles. The van der Waals surface area contributed by atoms with Crippen LogP contribution in [0.5, 0.6) is 11.5 Å². The standard InChI is InChI=1S/C20H18F3NO4/c1-13-5-4-6-14(11-13)28-16-8-3-2-7-15(16)17(25)24-10-9-19(12-24,18(26)27)20(21,22)23/h2-8,11H,9-10,12H2,1H3,(H,26,27). The van der Waals surface area contributed by atoms with Crippen LogP contribution in [-0.2, 0) is 4.79 Å². The Balaban J connectivity index is 1.87. The summed E-state index contributed by atoms with van der Waals surface area (Å²) < 4.78 is 45.9. The van der Waals surface area contributed by atoms with Gasteiger partial charge in [-0.2, -0.15) is 13.2 Å². The molecule has 8 heteroatoms. The molecule has 0 bridgehead atoms. The number of carboxylic acid groups (broad SMARTS) is 1. The molecule has 0 radical (unpaired) electrons. The monoisotopic (exact) mass is 393 g/mol. The Labute approximate surface area is 159 Å². The highest BCUT2D eigenvalue weighted by Gasteiger charge is 2.64. The maximum Gasteiger partial charge on any atom is 0.406 e. The quantitative estimate of drug-likeness (QED) is 0.843. The van der Waals surface area contributed by atoms with Crippen molar-refractivity contribution in [3.8, 4) is 11.5 Å². The summed E-state index contributed by atoms with van der Waals surface area (Å²) in [6.07, 6.45) is -5.63. The van der Waals surface area contributed by atoms with E-state index in [-0.39, 0.29) is 17.9 Å². The lowest BCUT2D eigenvalue weighted by molar-refractivity contribution is -0.227. The Kier molecular flexibility index (Phi) is 5.06. The van der Waals surface area contributed by atoms with E-state index >= 15 is 0 Å². The van der Waals surface area contributed by atoms with Gasteiger partial charge < -0.3 is 14.7 Å². The van der Waals surface area contributed by atoms with Gasteiger partial charge in [0.25, 0.3) is 5.91 Å². The van der Waals surface area contributed by atoms with Gasteiger partial charge in [-0.3, -0.25) is 9.59 Å². The fourth-order valence-corrected chi connectivity index (χ4v) is 3.22. The fourth-order valence-electron chi connectivity index (χ4n) is 3.22. The Bertz CT molecular complexity index is 912. The number of ether oxygens (including phenoxy) is 1. The van der Waals surface area contributed by atoms with E-state index in [1.54, 1.807) is 36.4 Å². The first-order valence-corrected chi connectivity index (χ1v) is 8.57. The van der Waals surface area contributed by atoms with Crippen molar-refractivity contribution in [3.05, 3.63) is 59.7 Å². The number of aliphatic carboxylic acids is 1. The van der Waals surface area contributed by atoms with Crippen molar-refractivity contribution >= 4 is 11.9 Å². The number of carboxylic acids is 1. The Hall–Kier alpha value is -3.03. The molecule has 0 spiro atoms. The lowest BCUT2D eigenvalue weighted by atomic mass is 9.86. The van der Waals surface area contributed by atoms with Crippen LogP contribution < -0.4 is 4.74 Å². The molecule has 2 aromatic rings. The number of likely N-dealkylation sites (tertiary alicyclic amines) is 1. The summed E-state index contributed by atoms with van der Waals surface area (Å²) >= 11 is 0. The highest BCUT2D eigenvalue weighted by molar-refractivity contribution is 5.97. The minimum Gasteiger partial charge on any atom is -0.481 e. The van der Waals surface area contributed by atoms with Crippen molar-refractivity contribution in [3.63, 3.8) is 0 Å². The number of carbonyl (C=O) groups is 2. The molecule has 0 saturated carbocycles. The number of nitrogens with zero attached hydrogens (tertiary/aromatic N) is 1. The van der Waals surface area contributed by atoms with Crippen LogP contribution >= 0.6 is 0 Å². The largest absolute Gasteiger partial charge is 0.481 e. The highest BCUT2D eigenvalue weighted by atomic mass is 19.4. The number of aryl methyl sites for hydroxylation is 1. The second-order valence-corrected chi connectivity index (χ2v) is 6.78. The van der Waals surface area contributed by atoms with Gasteiger partial charge in [0.15, 0.2) is 5.41 Å². The number of alkyl halides is 3. The van der Waals surface area contributed by atoms with E-state index in [0.29, 0.717) is 5.75 Å². The summed E-state index contributed by atoms with van der Waals surface area (Å²) in [6, 6.07) is 13.3. The zero-order valence-corrected chi connectivity index (χ0v) is 15.0. The van der Waals surface area contributed by atoms with E-state index in [9.17, 15) is 22.8 Å². The normalized spacial score (nSPS) is 19.5. The van der Waals surface area contributed by atoms with Crippen LogP contribution in [0.4, 0.5) is 13.2 Å². The number of carbonyl (C=O) groups excluding carboxylic acids is 1. The molecule has 148 valence electrons. The summed E-state index contributed by atoms with van der Waals surface area (Å²) in [5, 5.41) is 9.16. The first kappa shape index (κ1) is 19.7. The van der Waals surface area contributed by atoms with E-state index in [1.165, 1.54) is 6.07 Å². The second-order valence-electron chi connectivity index (χ2n) is 6.78. The minimum absolute atomic E-state index is 0.0763. The highest BCUT2D eigenvalue weighted by Crippen LogP contribution is 2.46. The number of para-hydroxylation sites is 1. The molecule has 1 unspecified atom stereocenters. The average molecular weight is 393 g/mol. The van der Waals surface area contributed by atoms with Crippen LogP contribution in [-0.4, -0.2) is 41.1 Å². The number of rotatable bonds is 4. The molecule has 1 N–H and O–H groups in total. The van der Waals surface area contributed by atoms with Crippen LogP contribution in [0, 0.1) is 12.3 Å². The van der Waals surface area contributed by atoms with Gasteiger partial charge in [-0.25, -0.2) is 0 Å². The molecule has 0 aromatic heterocycles. The third-order valence-electron chi connectivity index (χ3n) is 4.84. The molecule has 1 heterocycles. The van der Waals surface area contributed by atoms with Gasteiger partial charge in [-0.05, 0) is 43.2 Å². The summed E-state index contributed by atoms with van der Waals surface area (Å²) in [4.78, 5) is 25.1. The summed E-state index contributed by atoms with van der Waals surface area (Å²) in [5.74, 6) is -2.00. The van der Waals surface area contributed by atoms with Crippen molar-refractivity contribution in [2.24, 2.45) is 5.41 Å². The molecular weight excluding hydrogens is 375 g/mol. The maximum absolute atomic E-state index is 13.4. The number of halogens is 3. The predicted octanol–water partition coefficient (Wildman–Crippen LogP) is 4.27. The molecule has 28 heavy (non-hydrogen) atoms. The smallest absolute Gasteiger partial charge is 0.406 e. The van der Waals surface area contributed by atoms with Gasteiger partial charge in [0, 0.05) is 13.1 Å². The number of amides is 1. The zero-order chi connectivity index (χ0) is 20.5. The third kappa shape index (κ3) is 3.54. The van der Waals surface area contributed by atoms with Gasteiger partial charge in [0.2, 0.25) is 0 Å². The number of hydrogen-bond acceptors (Lipinski definition) is 3. The van der Waals surface area contributed by atoms with E-state index in [2.05, 4.69) is 0 Å². The second kappa shape index (κ2) is 7.18. The Morgan fingerprint density at radius 3 is 2.46 bits per heavy atom. The SMILES string of the molecule is Cc1cccc(Oc2ccccc2C(=O)N2CCC(C(=O)O)(C(F)(F)F)C2)c1. The Morgan fingerprint density at radius 2 is 1.86 bits per heavy atom. The van der Waals surface area contributed by atoms with Crippen LogP contribution in [0.2, 0.25) is 0 Å². The van der Waals surface area contributed by atoms with Gasteiger partial charge in [-0.15, -0.1) is 0 Å². The lowest BCUT2D eigenvalue weighted by Gasteiger charge is -2.27. The Morgan fingerprint density at radius 1 is 1.14 bits per heavy atom. The zero-order valence-electron chi connectivity index (χ0n) is 15.0. The van der Waals surface area contributed by atoms with Gasteiger partial charge in [0.05, 0.1) is 5.56 Å². The summed E-state index contributed by atoms with van der Waals surface area (Å²) in [5.41, 5.74) is -1.93. The molecular formula is C20H18F3NO4. The van der Waals surface area contributed by atoms with E-state index in [4.69, 9.17) is 9.84 Å². The molecule has 2 aromatic carbocycles. The minimum atomic E-state index is -4.95. The first-order chi connectivity index (χ1) is 13.1. The number of hydrogen-bond donors (Lipinski definition) is 1. The molecule has 1 amide bonds. The van der Waals surface area contributed by atoms with Crippen molar-refractivity contribution in [2.75, 3.05) is 13.1 Å². The lowest BCUT2D eigenvalue weighted by Crippen LogP contribution is -2.47. The van der Waals surface area contributed by atoms with Gasteiger partial charge in [-0.1, -0.05) is 24.3 Å². The maximum atomic E-state index is 13.4. The van der Waals surface area contributed by atoms with Crippen molar-refractivity contribution in [2.45, 2.75) is 19.5 Å². The fraction of sp³-hybridized carbons (Fsp3) is 0.300. The van der Waals surface area contributed by atoms with Crippen LogP contribution in [0.15, 0.2) is 48.5 Å². The molecule has 1 aliphatic rings. The molecule has 1 atom stereocenters. The molecule has 1 fully saturated rings. The first-order valence-electron chi connectivity index (χ1n) is 8.57. The van der Waals surface area contributed by atoms with E-state index < -0.39 is 36.4 Å². The molecule has 1 aliphatic heterocycles. The third-order valence-corrected chi connectivity index (χ3v) is 4.84. The van der Waals surface area contributed by atoms with Crippen molar-refractivity contribution in [1.29, 1.82) is 0 Å². The van der Waals surface area contributed by atoms with Gasteiger partial charge in [0.1, 0.15) is 11.5 Å². The van der Waals surface area contributed by atoms with Crippen LogP contribution in [0.1, 0.15) is 22.3 Å². The van der Waals surface area contributed by atoms with Crippen LogP contribution in [0.3, 0.4) is 0 Å². The van der Waals surface area contributed by atoms with E-state index in [1.807, 2.05) is 13.0 Å². The van der Waals surface area contributed by atoms with Gasteiger partial charge >= 0.3 is 12.1 Å². The molecule has 3 rings (SSSR count). The predicted molar refractivity (Wildman–Crippen MR) is 94.3 cm³/mol. The van der Waals surface area contributed by atoms with Crippen molar-refractivity contribution < 1.29 is 32.6 Å². The topological polar surface area (TPSA) is 66.8 Å². The summed E-state index contributed by atoms with van der Waals surface area (Å²) in [6.45, 7) is 0.643. The number of benzene rings is 2. The summed E-state index contributed by atoms with van der Waals surface area (Å²) in [7, 11) is 0. The molecule has 1 saturated heterocycles.